The van der Waals surface area contributed by atoms with E-state index in [1.165, 1.54) is 14.9 Å². The lowest BCUT2D eigenvalue weighted by Gasteiger charge is -2.15. The van der Waals surface area contributed by atoms with E-state index in [1.807, 2.05) is 10.9 Å². The van der Waals surface area contributed by atoms with Crippen molar-refractivity contribution in [1.29, 1.82) is 0 Å². The van der Waals surface area contributed by atoms with Gasteiger partial charge in [0.1, 0.15) is 0 Å². The first-order chi connectivity index (χ1) is 9.70. The van der Waals surface area contributed by atoms with Crippen LogP contribution in [0.15, 0.2) is 44.3 Å². The van der Waals surface area contributed by atoms with Gasteiger partial charge in [0.2, 0.25) is 0 Å². The molecule has 0 amide bonds. The Bertz CT molecular complexity index is 672. The van der Waals surface area contributed by atoms with E-state index in [9.17, 15) is 0 Å². The highest BCUT2D eigenvalue weighted by atomic mass is 79.9. The molecule has 0 radical (unpaired) electrons. The minimum atomic E-state index is 0.789. The minimum Gasteiger partial charge on any atom is -0.283 e. The Balaban J connectivity index is 1.63. The number of thiophene rings is 2. The Morgan fingerprint density at radius 1 is 1.35 bits per heavy atom. The smallest absolute Gasteiger partial charge is 0.0932 e. The van der Waals surface area contributed by atoms with E-state index < -0.39 is 0 Å². The van der Waals surface area contributed by atoms with E-state index in [2.05, 4.69) is 67.3 Å². The number of aromatic nitrogens is 2. The van der Waals surface area contributed by atoms with Crippen molar-refractivity contribution in [3.63, 3.8) is 0 Å². The molecular weight excluding hydrogens is 354 g/mol. The predicted octanol–water partition coefficient (Wildman–Crippen LogP) is 4.53. The lowest BCUT2D eigenvalue weighted by Crippen LogP contribution is -2.21. The Kier molecular flexibility index (Phi) is 4.35. The quantitative estimate of drug-likeness (QED) is 0.660. The largest absolute Gasteiger partial charge is 0.283 e. The maximum absolute atomic E-state index is 4.61. The molecule has 0 aliphatic carbocycles. The molecule has 0 unspecified atom stereocenters. The molecule has 3 aromatic heterocycles. The minimum absolute atomic E-state index is 0.789. The normalized spacial score (nSPS) is 11.3. The number of nitrogens with zero attached hydrogens (tertiary/aromatic N) is 3. The van der Waals surface area contributed by atoms with Crippen LogP contribution in [-0.4, -0.2) is 21.7 Å². The third-order valence-corrected chi connectivity index (χ3v) is 5.15. The second-order valence-corrected chi connectivity index (χ2v) is 7.74. The van der Waals surface area contributed by atoms with Crippen molar-refractivity contribution in [3.05, 3.63) is 49.9 Å². The Hall–Kier alpha value is -0.950. The average Bonchev–Trinajstić information content (AvgIpc) is 3.10. The van der Waals surface area contributed by atoms with Crippen molar-refractivity contribution in [2.24, 2.45) is 0 Å². The Morgan fingerprint density at radius 3 is 2.95 bits per heavy atom. The lowest BCUT2D eigenvalue weighted by atomic mass is 10.2. The highest BCUT2D eigenvalue weighted by Crippen LogP contribution is 2.22. The van der Waals surface area contributed by atoms with Crippen LogP contribution in [0.25, 0.3) is 11.3 Å². The van der Waals surface area contributed by atoms with Crippen molar-refractivity contribution in [2.45, 2.75) is 13.2 Å². The van der Waals surface area contributed by atoms with Crippen molar-refractivity contribution < 1.29 is 0 Å². The summed E-state index contributed by atoms with van der Waals surface area (Å²) in [5.41, 5.74) is 3.56. The summed E-state index contributed by atoms with van der Waals surface area (Å²) in [6.07, 6.45) is 2.03. The van der Waals surface area contributed by atoms with Crippen molar-refractivity contribution in [2.75, 3.05) is 7.05 Å². The summed E-state index contributed by atoms with van der Waals surface area (Å²) in [6.45, 7) is 1.72. The second kappa shape index (κ2) is 6.22. The first-order valence-electron chi connectivity index (χ1n) is 6.18. The van der Waals surface area contributed by atoms with Gasteiger partial charge in [-0.05, 0) is 57.5 Å². The van der Waals surface area contributed by atoms with Gasteiger partial charge >= 0.3 is 0 Å². The molecule has 3 nitrogen and oxygen atoms in total. The van der Waals surface area contributed by atoms with E-state index >= 15 is 0 Å². The van der Waals surface area contributed by atoms with E-state index in [1.54, 1.807) is 22.7 Å². The number of rotatable bonds is 5. The highest BCUT2D eigenvalue weighted by Gasteiger charge is 2.06. The van der Waals surface area contributed by atoms with Gasteiger partial charge in [0, 0.05) is 23.7 Å². The molecule has 20 heavy (non-hydrogen) atoms. The fourth-order valence-corrected chi connectivity index (χ4v) is 3.89. The molecule has 0 saturated carbocycles. The summed E-state index contributed by atoms with van der Waals surface area (Å²) in [6, 6.07) is 6.34. The van der Waals surface area contributed by atoms with E-state index in [4.69, 9.17) is 0 Å². The lowest BCUT2D eigenvalue weighted by molar-refractivity contribution is 0.247. The molecule has 3 heterocycles. The average molecular weight is 368 g/mol. The van der Waals surface area contributed by atoms with Crippen LogP contribution in [0.1, 0.15) is 5.56 Å². The van der Waals surface area contributed by atoms with Crippen LogP contribution in [0.5, 0.6) is 0 Å². The molecule has 0 aromatic carbocycles. The number of halogens is 1. The molecule has 0 N–H and O–H groups in total. The monoisotopic (exact) mass is 367 g/mol. The Labute approximate surface area is 134 Å². The van der Waals surface area contributed by atoms with Gasteiger partial charge in [0.05, 0.1) is 16.1 Å². The molecule has 0 aliphatic heterocycles. The molecular formula is C14H14BrN3S2. The third kappa shape index (κ3) is 3.38. The van der Waals surface area contributed by atoms with Gasteiger partial charge in [-0.3, -0.25) is 9.58 Å². The summed E-state index contributed by atoms with van der Waals surface area (Å²) >= 11 is 6.92. The van der Waals surface area contributed by atoms with Crippen LogP contribution in [-0.2, 0) is 13.2 Å². The van der Waals surface area contributed by atoms with Crippen molar-refractivity contribution in [1.82, 2.24) is 14.7 Å². The van der Waals surface area contributed by atoms with Gasteiger partial charge in [0.25, 0.3) is 0 Å². The zero-order valence-corrected chi connectivity index (χ0v) is 14.2. The fourth-order valence-electron chi connectivity index (χ4n) is 2.04. The number of hydrogen-bond donors (Lipinski definition) is 0. The zero-order valence-electron chi connectivity index (χ0n) is 11.0. The van der Waals surface area contributed by atoms with Gasteiger partial charge < -0.3 is 0 Å². The molecule has 6 heteroatoms. The first kappa shape index (κ1) is 14.0. The Morgan fingerprint density at radius 2 is 2.25 bits per heavy atom. The van der Waals surface area contributed by atoms with Gasteiger partial charge in [0.15, 0.2) is 0 Å². The van der Waals surface area contributed by atoms with Crippen LogP contribution >= 0.6 is 38.6 Å². The maximum atomic E-state index is 4.61. The van der Waals surface area contributed by atoms with E-state index in [-0.39, 0.29) is 0 Å². The van der Waals surface area contributed by atoms with Gasteiger partial charge in [-0.15, -0.1) is 11.3 Å². The molecule has 0 aliphatic rings. The van der Waals surface area contributed by atoms with Gasteiger partial charge in [-0.1, -0.05) is 0 Å². The predicted molar refractivity (Wildman–Crippen MR) is 89.0 cm³/mol. The zero-order chi connectivity index (χ0) is 13.9. The fraction of sp³-hybridized carbons (Fsp3) is 0.214. The standard InChI is InChI=1S/C14H14BrN3S2/c1-17(7-11-6-14(15)20-8-11)10-18-4-2-13(16-18)12-3-5-19-9-12/h2-6,8-9H,7,10H2,1H3. The SMILES string of the molecule is CN(Cc1csc(Br)c1)Cn1ccc(-c2ccsc2)n1. The maximum Gasteiger partial charge on any atom is 0.0932 e. The van der Waals surface area contributed by atoms with Gasteiger partial charge in [-0.2, -0.15) is 16.4 Å². The molecule has 0 saturated heterocycles. The van der Waals surface area contributed by atoms with E-state index in [0.29, 0.717) is 0 Å². The summed E-state index contributed by atoms with van der Waals surface area (Å²) in [4.78, 5) is 2.25. The summed E-state index contributed by atoms with van der Waals surface area (Å²) < 4.78 is 3.16. The molecule has 0 bridgehead atoms. The van der Waals surface area contributed by atoms with Crippen LogP contribution in [0, 0.1) is 0 Å². The summed E-state index contributed by atoms with van der Waals surface area (Å²) in [7, 11) is 2.11. The van der Waals surface area contributed by atoms with Crippen LogP contribution in [0.4, 0.5) is 0 Å². The molecule has 104 valence electrons. The number of hydrogen-bond acceptors (Lipinski definition) is 4. The van der Waals surface area contributed by atoms with E-state index in [0.717, 1.165) is 18.9 Å². The van der Waals surface area contributed by atoms with Crippen molar-refractivity contribution in [3.8, 4) is 11.3 Å². The molecule has 0 atom stereocenters. The molecule has 3 aromatic rings. The summed E-state index contributed by atoms with van der Waals surface area (Å²) in [5.74, 6) is 0. The van der Waals surface area contributed by atoms with Crippen LogP contribution in [0.2, 0.25) is 0 Å². The highest BCUT2D eigenvalue weighted by molar-refractivity contribution is 9.11. The summed E-state index contributed by atoms with van der Waals surface area (Å²) in [5, 5.41) is 11.0. The molecule has 3 rings (SSSR count). The first-order valence-corrected chi connectivity index (χ1v) is 8.80. The third-order valence-electron chi connectivity index (χ3n) is 2.92. The topological polar surface area (TPSA) is 21.1 Å². The molecule has 0 spiro atoms. The van der Waals surface area contributed by atoms with Gasteiger partial charge in [-0.25, -0.2) is 0 Å². The van der Waals surface area contributed by atoms with Crippen LogP contribution < -0.4 is 0 Å². The molecule has 0 fully saturated rings. The van der Waals surface area contributed by atoms with Crippen molar-refractivity contribution >= 4 is 38.6 Å². The second-order valence-electron chi connectivity index (χ2n) is 4.67. The van der Waals surface area contributed by atoms with Crippen LogP contribution in [0.3, 0.4) is 0 Å².